The Labute approximate surface area is 87.4 Å². The molecule has 0 amide bonds. The van der Waals surface area contributed by atoms with E-state index in [4.69, 9.17) is 11.2 Å². The van der Waals surface area contributed by atoms with Gasteiger partial charge in [-0.3, -0.25) is 5.32 Å². The van der Waals surface area contributed by atoms with E-state index < -0.39 is 0 Å². The minimum atomic E-state index is 0.00773. The van der Waals surface area contributed by atoms with Crippen molar-refractivity contribution in [3.8, 4) is 12.3 Å². The summed E-state index contributed by atoms with van der Waals surface area (Å²) >= 11 is 0. The fourth-order valence-corrected chi connectivity index (χ4v) is 1.83. The van der Waals surface area contributed by atoms with Crippen LogP contribution >= 0.6 is 0 Å². The Morgan fingerprint density at radius 2 is 2.14 bits per heavy atom. The molecule has 1 heterocycles. The average molecular weight is 195 g/mol. The van der Waals surface area contributed by atoms with Gasteiger partial charge in [-0.2, -0.15) is 0 Å². The maximum atomic E-state index is 5.65. The van der Waals surface area contributed by atoms with E-state index in [1.807, 2.05) is 0 Å². The first-order chi connectivity index (χ1) is 6.44. The molecular weight excluding hydrogens is 174 g/mol. The van der Waals surface area contributed by atoms with Crippen molar-refractivity contribution in [2.24, 2.45) is 5.92 Å². The third-order valence-electron chi connectivity index (χ3n) is 2.67. The summed E-state index contributed by atoms with van der Waals surface area (Å²) in [6.07, 6.45) is 6.51. The number of rotatable bonds is 3. The van der Waals surface area contributed by atoms with Crippen LogP contribution < -0.4 is 5.32 Å². The quantitative estimate of drug-likeness (QED) is 0.693. The molecule has 0 spiro atoms. The van der Waals surface area contributed by atoms with E-state index in [0.717, 1.165) is 13.0 Å². The van der Waals surface area contributed by atoms with Crippen LogP contribution in [0.15, 0.2) is 0 Å². The van der Waals surface area contributed by atoms with Crippen molar-refractivity contribution in [2.75, 3.05) is 6.61 Å². The summed E-state index contributed by atoms with van der Waals surface area (Å²) in [5.41, 5.74) is 0.00773. The first-order valence-electron chi connectivity index (χ1n) is 5.31. The molecule has 80 valence electrons. The van der Waals surface area contributed by atoms with Crippen LogP contribution in [0.1, 0.15) is 34.1 Å². The van der Waals surface area contributed by atoms with E-state index >= 15 is 0 Å². The second-order valence-corrected chi connectivity index (χ2v) is 5.03. The van der Waals surface area contributed by atoms with Gasteiger partial charge < -0.3 is 4.74 Å². The highest BCUT2D eigenvalue weighted by molar-refractivity contribution is 5.02. The zero-order valence-corrected chi connectivity index (χ0v) is 9.63. The van der Waals surface area contributed by atoms with Gasteiger partial charge in [-0.25, -0.2) is 0 Å². The highest BCUT2D eigenvalue weighted by Gasteiger charge is 2.32. The Bertz CT molecular complexity index is 227. The summed E-state index contributed by atoms with van der Waals surface area (Å²) in [4.78, 5) is 0. The molecule has 0 aromatic heterocycles. The molecule has 0 saturated carbocycles. The molecule has 0 aromatic carbocycles. The molecule has 1 fully saturated rings. The van der Waals surface area contributed by atoms with Gasteiger partial charge in [0.15, 0.2) is 0 Å². The smallest absolute Gasteiger partial charge is 0.0713 e. The van der Waals surface area contributed by atoms with Gasteiger partial charge in [0.2, 0.25) is 0 Å². The largest absolute Gasteiger partial charge is 0.374 e. The number of nitrogens with one attached hydrogen (secondary N) is 1. The van der Waals surface area contributed by atoms with E-state index in [0.29, 0.717) is 12.0 Å². The third-order valence-corrected chi connectivity index (χ3v) is 2.67. The van der Waals surface area contributed by atoms with Crippen molar-refractivity contribution < 1.29 is 4.74 Å². The van der Waals surface area contributed by atoms with E-state index in [1.165, 1.54) is 0 Å². The lowest BCUT2D eigenvalue weighted by Gasteiger charge is -2.21. The Hall–Kier alpha value is -0.520. The summed E-state index contributed by atoms with van der Waals surface area (Å²) in [7, 11) is 0. The van der Waals surface area contributed by atoms with Gasteiger partial charge in [0.05, 0.1) is 18.2 Å². The molecule has 0 aromatic rings. The molecule has 0 radical (unpaired) electrons. The molecule has 2 unspecified atom stereocenters. The van der Waals surface area contributed by atoms with Gasteiger partial charge in [0.1, 0.15) is 0 Å². The van der Waals surface area contributed by atoms with Crippen molar-refractivity contribution in [1.82, 2.24) is 5.32 Å². The zero-order chi connectivity index (χ0) is 10.8. The first-order valence-corrected chi connectivity index (χ1v) is 5.31. The second-order valence-electron chi connectivity index (χ2n) is 5.03. The van der Waals surface area contributed by atoms with Crippen LogP contribution in [-0.2, 0) is 4.74 Å². The molecule has 0 bridgehead atoms. The molecule has 1 saturated heterocycles. The summed E-state index contributed by atoms with van der Waals surface area (Å²) in [5.74, 6) is 3.26. The van der Waals surface area contributed by atoms with Crippen LogP contribution in [0.3, 0.4) is 0 Å². The normalized spacial score (nSPS) is 27.6. The summed E-state index contributed by atoms with van der Waals surface area (Å²) in [5, 5.41) is 3.46. The molecule has 2 nitrogen and oxygen atoms in total. The number of hydrogen-bond acceptors (Lipinski definition) is 2. The van der Waals surface area contributed by atoms with Crippen LogP contribution in [0.2, 0.25) is 0 Å². The number of ether oxygens (including phenoxy) is 1. The number of hydrogen-bond donors (Lipinski definition) is 1. The molecule has 1 rings (SSSR count). The van der Waals surface area contributed by atoms with Crippen LogP contribution in [0.4, 0.5) is 0 Å². The highest BCUT2D eigenvalue weighted by atomic mass is 16.5. The minimum Gasteiger partial charge on any atom is -0.374 e. The number of terminal acetylenes is 1. The van der Waals surface area contributed by atoms with Gasteiger partial charge >= 0.3 is 0 Å². The van der Waals surface area contributed by atoms with Gasteiger partial charge in [0.25, 0.3) is 0 Å². The van der Waals surface area contributed by atoms with Crippen molar-refractivity contribution >= 4 is 0 Å². The molecule has 1 N–H and O–H groups in total. The molecule has 14 heavy (non-hydrogen) atoms. The van der Waals surface area contributed by atoms with Crippen LogP contribution in [0, 0.1) is 18.3 Å². The third kappa shape index (κ3) is 3.01. The molecule has 1 aliphatic heterocycles. The van der Waals surface area contributed by atoms with E-state index in [2.05, 4.69) is 38.9 Å². The van der Waals surface area contributed by atoms with Crippen molar-refractivity contribution in [1.29, 1.82) is 0 Å². The standard InChI is InChI=1S/C12H21NO/c1-6-11(9(2)3)13-10-7-12(4,5)14-8-10/h1,9-11,13H,7-8H2,2-5H3. The minimum absolute atomic E-state index is 0.00773. The maximum absolute atomic E-state index is 5.65. The SMILES string of the molecule is C#CC(NC1COC(C)(C)C1)C(C)C. The first kappa shape index (κ1) is 11.6. The lowest BCUT2D eigenvalue weighted by atomic mass is 10.00. The van der Waals surface area contributed by atoms with Crippen molar-refractivity contribution in [2.45, 2.75) is 51.8 Å². The molecule has 1 aliphatic rings. The Morgan fingerprint density at radius 1 is 1.50 bits per heavy atom. The average Bonchev–Trinajstić information content (AvgIpc) is 2.41. The van der Waals surface area contributed by atoms with Gasteiger partial charge in [-0.1, -0.05) is 19.8 Å². The fourth-order valence-electron chi connectivity index (χ4n) is 1.83. The molecular formula is C12H21NO. The lowest BCUT2D eigenvalue weighted by molar-refractivity contribution is 0.0356. The summed E-state index contributed by atoms with van der Waals surface area (Å²) in [6, 6.07) is 0.575. The van der Waals surface area contributed by atoms with Crippen LogP contribution in [0.5, 0.6) is 0 Å². The zero-order valence-electron chi connectivity index (χ0n) is 9.63. The Balaban J connectivity index is 2.43. The van der Waals surface area contributed by atoms with Crippen molar-refractivity contribution in [3.63, 3.8) is 0 Å². The topological polar surface area (TPSA) is 21.3 Å². The van der Waals surface area contributed by atoms with Gasteiger partial charge in [-0.15, -0.1) is 6.42 Å². The predicted octanol–water partition coefficient (Wildman–Crippen LogP) is 1.80. The molecule has 2 atom stereocenters. The van der Waals surface area contributed by atoms with E-state index in [-0.39, 0.29) is 11.6 Å². The van der Waals surface area contributed by atoms with Crippen LogP contribution in [0.25, 0.3) is 0 Å². The van der Waals surface area contributed by atoms with E-state index in [1.54, 1.807) is 0 Å². The summed E-state index contributed by atoms with van der Waals surface area (Å²) in [6.45, 7) is 9.29. The monoisotopic (exact) mass is 195 g/mol. The maximum Gasteiger partial charge on any atom is 0.0713 e. The summed E-state index contributed by atoms with van der Waals surface area (Å²) < 4.78 is 5.65. The van der Waals surface area contributed by atoms with Gasteiger partial charge in [-0.05, 0) is 26.2 Å². The highest BCUT2D eigenvalue weighted by Crippen LogP contribution is 2.24. The predicted molar refractivity (Wildman–Crippen MR) is 59.0 cm³/mol. The Kier molecular flexibility index (Phi) is 3.58. The molecule has 2 heteroatoms. The lowest BCUT2D eigenvalue weighted by Crippen LogP contribution is -2.41. The van der Waals surface area contributed by atoms with E-state index in [9.17, 15) is 0 Å². The molecule has 0 aliphatic carbocycles. The Morgan fingerprint density at radius 3 is 2.50 bits per heavy atom. The fraction of sp³-hybridized carbons (Fsp3) is 0.833. The van der Waals surface area contributed by atoms with Crippen LogP contribution in [-0.4, -0.2) is 24.3 Å². The van der Waals surface area contributed by atoms with Gasteiger partial charge in [0, 0.05) is 6.04 Å². The second kappa shape index (κ2) is 4.33. The van der Waals surface area contributed by atoms with Crippen molar-refractivity contribution in [3.05, 3.63) is 0 Å².